The van der Waals surface area contributed by atoms with E-state index in [4.69, 9.17) is 0 Å². The van der Waals surface area contributed by atoms with Crippen molar-refractivity contribution in [2.45, 2.75) is 103 Å². The number of unbranched alkanes of at least 4 members (excludes halogenated alkanes) is 6. The van der Waals surface area contributed by atoms with Crippen LogP contribution in [0.5, 0.6) is 0 Å². The van der Waals surface area contributed by atoms with Gasteiger partial charge in [0.1, 0.15) is 0 Å². The SMILES string of the molecule is CCCCCCCC(P)(c1ccccc1CCCC)c1ccccc1CCCC. The smallest absolute Gasteiger partial charge is 0.0349 e. The zero-order valence-electron chi connectivity index (χ0n) is 19.2. The second kappa shape index (κ2) is 13.2. The van der Waals surface area contributed by atoms with E-state index in [2.05, 4.69) is 78.5 Å². The van der Waals surface area contributed by atoms with E-state index in [-0.39, 0.29) is 5.16 Å². The molecule has 0 amide bonds. The lowest BCUT2D eigenvalue weighted by Gasteiger charge is -2.35. The molecule has 0 nitrogen and oxygen atoms in total. The van der Waals surface area contributed by atoms with E-state index < -0.39 is 0 Å². The summed E-state index contributed by atoms with van der Waals surface area (Å²) in [4.78, 5) is 0. The van der Waals surface area contributed by atoms with E-state index >= 15 is 0 Å². The lowest BCUT2D eigenvalue weighted by atomic mass is 9.79. The van der Waals surface area contributed by atoms with Gasteiger partial charge in [-0.05, 0) is 54.4 Å². The Labute approximate surface area is 183 Å². The van der Waals surface area contributed by atoms with Crippen molar-refractivity contribution < 1.29 is 0 Å². The summed E-state index contributed by atoms with van der Waals surface area (Å²) in [6.07, 6.45) is 15.3. The molecule has 2 aromatic rings. The largest absolute Gasteiger partial charge is 0.122 e. The van der Waals surface area contributed by atoms with Gasteiger partial charge in [0.05, 0.1) is 0 Å². The second-order valence-corrected chi connectivity index (χ2v) is 9.64. The van der Waals surface area contributed by atoms with Gasteiger partial charge < -0.3 is 0 Å². The first-order valence-electron chi connectivity index (χ1n) is 12.1. The second-order valence-electron chi connectivity index (χ2n) is 8.66. The molecule has 0 radical (unpaired) electrons. The third kappa shape index (κ3) is 6.96. The number of aryl methyl sites for hydroxylation is 2. The molecule has 1 atom stereocenters. The van der Waals surface area contributed by atoms with E-state index in [0.717, 1.165) is 0 Å². The fourth-order valence-corrected chi connectivity index (χ4v) is 5.27. The number of hydrogen-bond acceptors (Lipinski definition) is 0. The Balaban J connectivity index is 2.42. The Kier molecular flexibility index (Phi) is 11.0. The van der Waals surface area contributed by atoms with Crippen molar-refractivity contribution >= 4 is 9.24 Å². The highest BCUT2D eigenvalue weighted by Crippen LogP contribution is 2.46. The predicted molar refractivity (Wildman–Crippen MR) is 134 cm³/mol. The Morgan fingerprint density at radius 2 is 1.03 bits per heavy atom. The van der Waals surface area contributed by atoms with Crippen LogP contribution in [0.1, 0.15) is 107 Å². The van der Waals surface area contributed by atoms with Gasteiger partial charge in [0.2, 0.25) is 0 Å². The summed E-state index contributed by atoms with van der Waals surface area (Å²) in [6.45, 7) is 6.89. The van der Waals surface area contributed by atoms with Crippen LogP contribution in [0.4, 0.5) is 0 Å². The summed E-state index contributed by atoms with van der Waals surface area (Å²) >= 11 is 0. The summed E-state index contributed by atoms with van der Waals surface area (Å²) in [5.41, 5.74) is 6.17. The van der Waals surface area contributed by atoms with Crippen LogP contribution >= 0.6 is 9.24 Å². The molecule has 0 fully saturated rings. The van der Waals surface area contributed by atoms with Crippen molar-refractivity contribution in [1.82, 2.24) is 0 Å². The van der Waals surface area contributed by atoms with Crippen LogP contribution in [-0.2, 0) is 18.0 Å². The highest BCUT2D eigenvalue weighted by atomic mass is 31.0. The Bertz CT molecular complexity index is 651. The Morgan fingerprint density at radius 3 is 1.52 bits per heavy atom. The maximum absolute atomic E-state index is 3.34. The molecule has 1 unspecified atom stereocenters. The third-order valence-corrected chi connectivity index (χ3v) is 7.18. The van der Waals surface area contributed by atoms with Crippen molar-refractivity contribution in [3.63, 3.8) is 0 Å². The molecule has 0 aliphatic rings. The minimum atomic E-state index is 0.0287. The monoisotopic (exact) mass is 410 g/mol. The summed E-state index contributed by atoms with van der Waals surface area (Å²) in [5.74, 6) is 0. The standard InChI is InChI=1S/C28H43P/c1-4-7-10-11-16-23-28(29,26-21-14-12-19-24(26)17-8-5-2)27-22-15-13-20-25(27)18-9-6-3/h12-15,19-22H,4-11,16-18,23,29H2,1-3H3. The van der Waals surface area contributed by atoms with Gasteiger partial charge in [-0.3, -0.25) is 0 Å². The molecule has 0 heterocycles. The third-order valence-electron chi connectivity index (χ3n) is 6.27. The molecule has 0 aromatic heterocycles. The lowest BCUT2D eigenvalue weighted by molar-refractivity contribution is 0.550. The van der Waals surface area contributed by atoms with Crippen molar-refractivity contribution in [2.75, 3.05) is 0 Å². The van der Waals surface area contributed by atoms with E-state index in [1.165, 1.54) is 88.2 Å². The maximum atomic E-state index is 3.34. The molecular formula is C28H43P. The van der Waals surface area contributed by atoms with Crippen LogP contribution < -0.4 is 0 Å². The predicted octanol–water partition coefficient (Wildman–Crippen LogP) is 8.85. The van der Waals surface area contributed by atoms with Gasteiger partial charge >= 0.3 is 0 Å². The average Bonchev–Trinajstić information content (AvgIpc) is 2.76. The summed E-state index contributed by atoms with van der Waals surface area (Å²) in [7, 11) is 3.34. The number of rotatable bonds is 14. The molecule has 0 saturated carbocycles. The maximum Gasteiger partial charge on any atom is 0.0349 e. The van der Waals surface area contributed by atoms with Crippen LogP contribution in [0.3, 0.4) is 0 Å². The fraction of sp³-hybridized carbons (Fsp3) is 0.571. The summed E-state index contributed by atoms with van der Waals surface area (Å²) in [6, 6.07) is 18.5. The first kappa shape index (κ1) is 24.1. The van der Waals surface area contributed by atoms with Gasteiger partial charge in [-0.1, -0.05) is 114 Å². The van der Waals surface area contributed by atoms with Crippen LogP contribution in [0.25, 0.3) is 0 Å². The molecular weight excluding hydrogens is 367 g/mol. The lowest BCUT2D eigenvalue weighted by Crippen LogP contribution is -2.24. The average molecular weight is 411 g/mol. The molecule has 29 heavy (non-hydrogen) atoms. The van der Waals surface area contributed by atoms with Gasteiger partial charge in [0.25, 0.3) is 0 Å². The van der Waals surface area contributed by atoms with Gasteiger partial charge in [-0.25, -0.2) is 0 Å². The molecule has 0 saturated heterocycles. The molecule has 0 bridgehead atoms. The first-order valence-corrected chi connectivity index (χ1v) is 12.7. The molecule has 2 aromatic carbocycles. The van der Waals surface area contributed by atoms with Crippen molar-refractivity contribution in [3.05, 3.63) is 70.8 Å². The van der Waals surface area contributed by atoms with Gasteiger partial charge in [-0.2, -0.15) is 0 Å². The Morgan fingerprint density at radius 1 is 0.586 bits per heavy atom. The molecule has 0 spiro atoms. The van der Waals surface area contributed by atoms with Crippen LogP contribution in [0.15, 0.2) is 48.5 Å². The highest BCUT2D eigenvalue weighted by molar-refractivity contribution is 7.19. The van der Waals surface area contributed by atoms with Crippen LogP contribution in [0, 0.1) is 0 Å². The quantitative estimate of drug-likeness (QED) is 0.215. The van der Waals surface area contributed by atoms with Crippen molar-refractivity contribution in [1.29, 1.82) is 0 Å². The molecule has 0 aliphatic heterocycles. The van der Waals surface area contributed by atoms with Crippen molar-refractivity contribution in [3.8, 4) is 0 Å². The Hall–Kier alpha value is -1.13. The minimum absolute atomic E-state index is 0.0287. The zero-order valence-corrected chi connectivity index (χ0v) is 20.3. The number of hydrogen-bond donors (Lipinski definition) is 0. The van der Waals surface area contributed by atoms with Gasteiger partial charge in [0.15, 0.2) is 0 Å². The van der Waals surface area contributed by atoms with Crippen molar-refractivity contribution in [2.24, 2.45) is 0 Å². The zero-order chi connectivity index (χ0) is 21.0. The fourth-order valence-electron chi connectivity index (χ4n) is 4.50. The van der Waals surface area contributed by atoms with Gasteiger partial charge in [-0.15, -0.1) is 9.24 Å². The minimum Gasteiger partial charge on any atom is -0.122 e. The molecule has 160 valence electrons. The first-order chi connectivity index (χ1) is 14.2. The van der Waals surface area contributed by atoms with Crippen LogP contribution in [0.2, 0.25) is 0 Å². The molecule has 0 N–H and O–H groups in total. The van der Waals surface area contributed by atoms with E-state index in [0.29, 0.717) is 0 Å². The topological polar surface area (TPSA) is 0 Å². The highest BCUT2D eigenvalue weighted by Gasteiger charge is 2.32. The van der Waals surface area contributed by atoms with E-state index in [1.807, 2.05) is 0 Å². The van der Waals surface area contributed by atoms with E-state index in [9.17, 15) is 0 Å². The van der Waals surface area contributed by atoms with E-state index in [1.54, 1.807) is 11.1 Å². The van der Waals surface area contributed by atoms with Crippen LogP contribution in [-0.4, -0.2) is 0 Å². The number of benzene rings is 2. The van der Waals surface area contributed by atoms with Gasteiger partial charge in [0, 0.05) is 5.16 Å². The summed E-state index contributed by atoms with van der Waals surface area (Å²) < 4.78 is 0. The molecule has 0 aliphatic carbocycles. The molecule has 1 heteroatoms. The summed E-state index contributed by atoms with van der Waals surface area (Å²) in [5, 5.41) is 0.0287. The molecule has 2 rings (SSSR count). The normalized spacial score (nSPS) is 11.7.